The molecule has 116 valence electrons. The summed E-state index contributed by atoms with van der Waals surface area (Å²) in [5, 5.41) is 3.68. The van der Waals surface area contributed by atoms with Crippen molar-refractivity contribution in [2.45, 2.75) is 13.0 Å². The largest absolute Gasteiger partial charge is 0.468 e. The first kappa shape index (κ1) is 16.3. The number of rotatable bonds is 4. The Kier molecular flexibility index (Phi) is 4.70. The van der Waals surface area contributed by atoms with Gasteiger partial charge in [-0.2, -0.15) is 5.10 Å². The van der Waals surface area contributed by atoms with E-state index in [1.807, 2.05) is 0 Å². The van der Waals surface area contributed by atoms with Gasteiger partial charge in [-0.1, -0.05) is 28.6 Å². The standard InChI is InChI=1S/C14H11BrF2N2O3/c1-3-7-9(15)5-4-8-11(7)12(13(16)17)18-19(14(8)21)6-10(20)22-2/h3-5,13H,1,6H2,2H3. The summed E-state index contributed by atoms with van der Waals surface area (Å²) in [6.07, 6.45) is -1.55. The fourth-order valence-corrected chi connectivity index (χ4v) is 2.55. The van der Waals surface area contributed by atoms with Gasteiger partial charge in [0.15, 0.2) is 0 Å². The van der Waals surface area contributed by atoms with Crippen LogP contribution in [-0.4, -0.2) is 22.9 Å². The lowest BCUT2D eigenvalue weighted by atomic mass is 10.0. The lowest BCUT2D eigenvalue weighted by molar-refractivity contribution is -0.141. The smallest absolute Gasteiger partial charge is 0.327 e. The number of esters is 1. The Morgan fingerprint density at radius 3 is 2.77 bits per heavy atom. The molecule has 5 nitrogen and oxygen atoms in total. The van der Waals surface area contributed by atoms with Crippen molar-refractivity contribution in [1.82, 2.24) is 9.78 Å². The highest BCUT2D eigenvalue weighted by atomic mass is 79.9. The van der Waals surface area contributed by atoms with Crippen molar-refractivity contribution in [1.29, 1.82) is 0 Å². The summed E-state index contributed by atoms with van der Waals surface area (Å²) < 4.78 is 32.3. The maximum absolute atomic E-state index is 13.3. The zero-order valence-corrected chi connectivity index (χ0v) is 13.1. The summed E-state index contributed by atoms with van der Waals surface area (Å²) in [4.78, 5) is 23.6. The van der Waals surface area contributed by atoms with E-state index in [2.05, 4.69) is 32.3 Å². The van der Waals surface area contributed by atoms with Crippen LogP contribution < -0.4 is 5.56 Å². The molecule has 0 bridgehead atoms. The van der Waals surface area contributed by atoms with Gasteiger partial charge in [0.2, 0.25) is 0 Å². The van der Waals surface area contributed by atoms with Gasteiger partial charge in [-0.3, -0.25) is 9.59 Å². The van der Waals surface area contributed by atoms with Crippen LogP contribution in [0.15, 0.2) is 28.0 Å². The number of hydrogen-bond acceptors (Lipinski definition) is 4. The highest BCUT2D eigenvalue weighted by Crippen LogP contribution is 2.31. The molecule has 0 unspecified atom stereocenters. The van der Waals surface area contributed by atoms with Crippen molar-refractivity contribution < 1.29 is 18.3 Å². The third-order valence-electron chi connectivity index (χ3n) is 3.06. The molecule has 0 amide bonds. The first-order valence-electron chi connectivity index (χ1n) is 6.11. The number of benzene rings is 1. The van der Waals surface area contributed by atoms with E-state index in [9.17, 15) is 18.4 Å². The predicted molar refractivity (Wildman–Crippen MR) is 80.8 cm³/mol. The Balaban J connectivity index is 2.88. The molecule has 0 aliphatic carbocycles. The van der Waals surface area contributed by atoms with Gasteiger partial charge in [0.1, 0.15) is 12.2 Å². The quantitative estimate of drug-likeness (QED) is 0.774. The topological polar surface area (TPSA) is 61.2 Å². The lowest BCUT2D eigenvalue weighted by Gasteiger charge is -2.12. The molecule has 0 atom stereocenters. The highest BCUT2D eigenvalue weighted by molar-refractivity contribution is 9.10. The fourth-order valence-electron chi connectivity index (χ4n) is 2.06. The minimum absolute atomic E-state index is 0.0190. The number of carbonyl (C=O) groups excluding carboxylic acids is 1. The van der Waals surface area contributed by atoms with Crippen LogP contribution in [0.4, 0.5) is 8.78 Å². The molecule has 2 aromatic rings. The number of halogens is 3. The maximum atomic E-state index is 13.3. The van der Waals surface area contributed by atoms with Crippen LogP contribution in [0.1, 0.15) is 17.7 Å². The van der Waals surface area contributed by atoms with Crippen molar-refractivity contribution in [2.75, 3.05) is 7.11 Å². The molecule has 1 aromatic carbocycles. The molecule has 0 aliphatic heterocycles. The minimum atomic E-state index is -2.92. The predicted octanol–water partition coefficient (Wildman–Crippen LogP) is 2.91. The van der Waals surface area contributed by atoms with Crippen molar-refractivity contribution >= 4 is 38.7 Å². The number of ether oxygens (including phenoxy) is 1. The molecule has 0 N–H and O–H groups in total. The van der Waals surface area contributed by atoms with Crippen LogP contribution in [0.25, 0.3) is 16.8 Å². The summed E-state index contributed by atoms with van der Waals surface area (Å²) in [6.45, 7) is 3.03. The van der Waals surface area contributed by atoms with Crippen molar-refractivity contribution in [2.24, 2.45) is 0 Å². The fraction of sp³-hybridized carbons (Fsp3) is 0.214. The summed E-state index contributed by atoms with van der Waals surface area (Å²) in [6, 6.07) is 2.95. The number of aromatic nitrogens is 2. The molecule has 22 heavy (non-hydrogen) atoms. The van der Waals surface area contributed by atoms with Gasteiger partial charge in [0, 0.05) is 9.86 Å². The van der Waals surface area contributed by atoms with Gasteiger partial charge in [-0.15, -0.1) is 0 Å². The van der Waals surface area contributed by atoms with E-state index < -0.39 is 30.2 Å². The Hall–Kier alpha value is -2.09. The van der Waals surface area contributed by atoms with Gasteiger partial charge in [0.05, 0.1) is 12.5 Å². The van der Waals surface area contributed by atoms with E-state index in [-0.39, 0.29) is 10.8 Å². The Bertz CT molecular complexity index is 818. The van der Waals surface area contributed by atoms with Gasteiger partial charge < -0.3 is 4.74 Å². The Labute approximate surface area is 132 Å². The van der Waals surface area contributed by atoms with E-state index in [0.717, 1.165) is 7.11 Å². The summed E-state index contributed by atoms with van der Waals surface area (Å²) in [7, 11) is 1.13. The molecule has 0 saturated carbocycles. The number of nitrogens with zero attached hydrogens (tertiary/aromatic N) is 2. The molecule has 0 aliphatic rings. The number of fused-ring (bicyclic) bond motifs is 1. The van der Waals surface area contributed by atoms with Crippen molar-refractivity contribution in [3.63, 3.8) is 0 Å². The van der Waals surface area contributed by atoms with Crippen molar-refractivity contribution in [3.05, 3.63) is 44.8 Å². The van der Waals surface area contributed by atoms with E-state index in [4.69, 9.17) is 0 Å². The molecule has 2 rings (SSSR count). The van der Waals surface area contributed by atoms with E-state index >= 15 is 0 Å². The monoisotopic (exact) mass is 372 g/mol. The second kappa shape index (κ2) is 6.35. The van der Waals surface area contributed by atoms with Crippen LogP contribution in [0, 0.1) is 0 Å². The summed E-state index contributed by atoms with van der Waals surface area (Å²) in [5.41, 5.74) is -0.891. The molecule has 0 fully saturated rings. The third-order valence-corrected chi connectivity index (χ3v) is 3.75. The molecule has 8 heteroatoms. The Morgan fingerprint density at radius 2 is 2.23 bits per heavy atom. The number of methoxy groups -OCH3 is 1. The highest BCUT2D eigenvalue weighted by Gasteiger charge is 2.22. The lowest BCUT2D eigenvalue weighted by Crippen LogP contribution is -2.29. The molecule has 0 spiro atoms. The normalized spacial score (nSPS) is 11.0. The van der Waals surface area contributed by atoms with Gasteiger partial charge in [-0.25, -0.2) is 13.5 Å². The summed E-state index contributed by atoms with van der Waals surface area (Å²) in [5.74, 6) is -0.754. The van der Waals surface area contributed by atoms with E-state index in [1.54, 1.807) is 6.07 Å². The van der Waals surface area contributed by atoms with Gasteiger partial charge in [-0.05, 0) is 17.7 Å². The van der Waals surface area contributed by atoms with Crippen molar-refractivity contribution in [3.8, 4) is 0 Å². The van der Waals surface area contributed by atoms with E-state index in [1.165, 1.54) is 12.1 Å². The number of carbonyl (C=O) groups is 1. The first-order valence-corrected chi connectivity index (χ1v) is 6.90. The molecule has 1 heterocycles. The first-order chi connectivity index (χ1) is 10.4. The molecule has 0 radical (unpaired) electrons. The average molecular weight is 373 g/mol. The van der Waals surface area contributed by atoms with Crippen LogP contribution in [0.3, 0.4) is 0 Å². The van der Waals surface area contributed by atoms with Crippen LogP contribution in [-0.2, 0) is 16.1 Å². The number of alkyl halides is 2. The maximum Gasteiger partial charge on any atom is 0.327 e. The van der Waals surface area contributed by atoms with Crippen LogP contribution >= 0.6 is 15.9 Å². The van der Waals surface area contributed by atoms with Gasteiger partial charge in [0.25, 0.3) is 12.0 Å². The van der Waals surface area contributed by atoms with E-state index in [0.29, 0.717) is 14.7 Å². The minimum Gasteiger partial charge on any atom is -0.468 e. The van der Waals surface area contributed by atoms with Crippen LogP contribution in [0.2, 0.25) is 0 Å². The van der Waals surface area contributed by atoms with Gasteiger partial charge >= 0.3 is 5.97 Å². The second-order valence-electron chi connectivity index (χ2n) is 4.31. The zero-order valence-electron chi connectivity index (χ0n) is 11.5. The molecular formula is C14H11BrF2N2O3. The SMILES string of the molecule is C=Cc1c(Br)ccc2c(=O)n(CC(=O)OC)nc(C(F)F)c12. The Morgan fingerprint density at radius 1 is 1.55 bits per heavy atom. The average Bonchev–Trinajstić information content (AvgIpc) is 2.49. The molecule has 0 saturated heterocycles. The molecular weight excluding hydrogens is 362 g/mol. The zero-order chi connectivity index (χ0) is 16.4. The number of hydrogen-bond donors (Lipinski definition) is 0. The van der Waals surface area contributed by atoms with Crippen LogP contribution in [0.5, 0.6) is 0 Å². The second-order valence-corrected chi connectivity index (χ2v) is 5.17. The summed E-state index contributed by atoms with van der Waals surface area (Å²) >= 11 is 3.23. The molecule has 1 aromatic heterocycles. The third kappa shape index (κ3) is 2.78.